The number of aryl methyl sites for hydroxylation is 1. The second kappa shape index (κ2) is 6.81. The number of nitrogens with two attached hydrogens (primary N) is 1. The Balaban J connectivity index is 1.95. The highest BCUT2D eigenvalue weighted by atomic mass is 16.1. The van der Waals surface area contributed by atoms with Crippen LogP contribution in [0.25, 0.3) is 10.9 Å². The number of nitrogens with one attached hydrogen (secondary N) is 1. The molecule has 3 rings (SSSR count). The largest absolute Gasteiger partial charge is 0.345 e. The maximum atomic E-state index is 12.6. The molecule has 0 aliphatic carbocycles. The summed E-state index contributed by atoms with van der Waals surface area (Å²) in [5.41, 5.74) is 10.2. The summed E-state index contributed by atoms with van der Waals surface area (Å²) in [6.45, 7) is 4.29. The molecule has 122 valence electrons. The number of fused-ring (bicyclic) bond motifs is 1. The van der Waals surface area contributed by atoms with E-state index in [2.05, 4.69) is 10.3 Å². The molecule has 1 heterocycles. The first-order valence-corrected chi connectivity index (χ1v) is 8.05. The highest BCUT2D eigenvalue weighted by Crippen LogP contribution is 2.24. The lowest BCUT2D eigenvalue weighted by molar-refractivity contribution is 0.0939. The van der Waals surface area contributed by atoms with E-state index in [-0.39, 0.29) is 11.9 Å². The molecule has 4 heteroatoms. The van der Waals surface area contributed by atoms with Crippen LogP contribution in [0, 0.1) is 6.92 Å². The lowest BCUT2D eigenvalue weighted by Gasteiger charge is -2.18. The zero-order valence-electron chi connectivity index (χ0n) is 13.9. The van der Waals surface area contributed by atoms with Gasteiger partial charge in [-0.15, -0.1) is 0 Å². The first-order valence-electron chi connectivity index (χ1n) is 8.05. The molecular weight excluding hydrogens is 298 g/mol. The smallest absolute Gasteiger partial charge is 0.252 e. The molecule has 24 heavy (non-hydrogen) atoms. The average Bonchev–Trinajstić information content (AvgIpc) is 2.60. The third-order valence-corrected chi connectivity index (χ3v) is 4.21. The Morgan fingerprint density at radius 3 is 2.62 bits per heavy atom. The Morgan fingerprint density at radius 2 is 1.88 bits per heavy atom. The molecule has 4 nitrogen and oxygen atoms in total. The van der Waals surface area contributed by atoms with Crippen molar-refractivity contribution in [1.82, 2.24) is 10.3 Å². The van der Waals surface area contributed by atoms with E-state index in [9.17, 15) is 4.79 Å². The summed E-state index contributed by atoms with van der Waals surface area (Å²) in [4.78, 5) is 17.1. The van der Waals surface area contributed by atoms with Crippen LogP contribution in [0.4, 0.5) is 0 Å². The van der Waals surface area contributed by atoms with Gasteiger partial charge in [0.1, 0.15) is 0 Å². The minimum atomic E-state index is -0.143. The van der Waals surface area contributed by atoms with Gasteiger partial charge in [-0.1, -0.05) is 36.4 Å². The Labute approximate surface area is 141 Å². The Hall–Kier alpha value is -2.72. The highest BCUT2D eigenvalue weighted by Gasteiger charge is 2.16. The number of rotatable bonds is 4. The van der Waals surface area contributed by atoms with Crippen molar-refractivity contribution < 1.29 is 4.79 Å². The molecular formula is C20H21N3O. The van der Waals surface area contributed by atoms with Crippen molar-refractivity contribution in [2.45, 2.75) is 26.4 Å². The van der Waals surface area contributed by atoms with Crippen molar-refractivity contribution >= 4 is 16.8 Å². The van der Waals surface area contributed by atoms with Gasteiger partial charge < -0.3 is 11.1 Å². The molecule has 1 atom stereocenters. The molecule has 1 amide bonds. The fraction of sp³-hybridized carbons (Fsp3) is 0.200. The van der Waals surface area contributed by atoms with Crippen molar-refractivity contribution in [1.29, 1.82) is 0 Å². The predicted molar refractivity (Wildman–Crippen MR) is 96.7 cm³/mol. The minimum absolute atomic E-state index is 0.0733. The van der Waals surface area contributed by atoms with Crippen molar-refractivity contribution in [3.05, 3.63) is 77.0 Å². The van der Waals surface area contributed by atoms with E-state index in [1.54, 1.807) is 0 Å². The second-order valence-corrected chi connectivity index (χ2v) is 5.93. The SMILES string of the molecule is Cc1ccccc1C(=O)N[C@H](C)c1cc(CN)nc2ccccc12. The topological polar surface area (TPSA) is 68.0 Å². The molecule has 0 radical (unpaired) electrons. The zero-order valence-corrected chi connectivity index (χ0v) is 13.9. The molecule has 0 unspecified atom stereocenters. The monoisotopic (exact) mass is 319 g/mol. The van der Waals surface area contributed by atoms with Gasteiger partial charge >= 0.3 is 0 Å². The normalized spacial score (nSPS) is 12.1. The summed E-state index contributed by atoms with van der Waals surface area (Å²) < 4.78 is 0. The van der Waals surface area contributed by atoms with Crippen molar-refractivity contribution in [3.8, 4) is 0 Å². The van der Waals surface area contributed by atoms with Gasteiger partial charge in [0.05, 0.1) is 17.3 Å². The van der Waals surface area contributed by atoms with Crippen LogP contribution in [0.1, 0.15) is 40.1 Å². The first kappa shape index (κ1) is 16.1. The number of pyridine rings is 1. The first-order chi connectivity index (χ1) is 11.6. The number of para-hydroxylation sites is 1. The molecule has 0 bridgehead atoms. The van der Waals surface area contributed by atoms with Gasteiger partial charge in [-0.25, -0.2) is 0 Å². The zero-order chi connectivity index (χ0) is 17.1. The van der Waals surface area contributed by atoms with E-state index in [1.807, 2.05) is 68.4 Å². The minimum Gasteiger partial charge on any atom is -0.345 e. The molecule has 0 saturated heterocycles. The van der Waals surface area contributed by atoms with Crippen molar-refractivity contribution in [2.75, 3.05) is 0 Å². The maximum absolute atomic E-state index is 12.6. The molecule has 2 aromatic carbocycles. The number of hydrogen-bond donors (Lipinski definition) is 2. The van der Waals surface area contributed by atoms with E-state index in [4.69, 9.17) is 5.73 Å². The van der Waals surface area contributed by atoms with E-state index < -0.39 is 0 Å². The number of nitrogens with zero attached hydrogens (tertiary/aromatic N) is 1. The van der Waals surface area contributed by atoms with Gasteiger partial charge in [0.2, 0.25) is 0 Å². The van der Waals surface area contributed by atoms with Gasteiger partial charge in [0, 0.05) is 17.5 Å². The van der Waals surface area contributed by atoms with Crippen LogP contribution in [0.2, 0.25) is 0 Å². The molecule has 3 aromatic rings. The number of amides is 1. The number of carbonyl (C=O) groups excluding carboxylic acids is 1. The van der Waals surface area contributed by atoms with Crippen LogP contribution in [-0.2, 0) is 6.54 Å². The van der Waals surface area contributed by atoms with Crippen LogP contribution in [-0.4, -0.2) is 10.9 Å². The van der Waals surface area contributed by atoms with E-state index >= 15 is 0 Å². The van der Waals surface area contributed by atoms with Crippen LogP contribution >= 0.6 is 0 Å². The van der Waals surface area contributed by atoms with Gasteiger partial charge in [0.15, 0.2) is 0 Å². The van der Waals surface area contributed by atoms with Crippen LogP contribution in [0.5, 0.6) is 0 Å². The van der Waals surface area contributed by atoms with E-state index in [0.717, 1.165) is 27.7 Å². The standard InChI is InChI=1S/C20H21N3O/c1-13-7-3-4-8-16(13)20(24)22-14(2)18-11-15(12-21)23-19-10-6-5-9-17(18)19/h3-11,14H,12,21H2,1-2H3,(H,22,24)/t14-/m1/s1. The van der Waals surface area contributed by atoms with Crippen LogP contribution in [0.15, 0.2) is 54.6 Å². The van der Waals surface area contributed by atoms with Crippen LogP contribution in [0.3, 0.4) is 0 Å². The Bertz CT molecular complexity index is 889. The second-order valence-electron chi connectivity index (χ2n) is 5.93. The average molecular weight is 319 g/mol. The van der Waals surface area contributed by atoms with Gasteiger partial charge in [-0.05, 0) is 43.2 Å². The number of aromatic nitrogens is 1. The van der Waals surface area contributed by atoms with Gasteiger partial charge in [-0.2, -0.15) is 0 Å². The van der Waals surface area contributed by atoms with Gasteiger partial charge in [0.25, 0.3) is 5.91 Å². The summed E-state index contributed by atoms with van der Waals surface area (Å²) in [6.07, 6.45) is 0. The number of hydrogen-bond acceptors (Lipinski definition) is 3. The van der Waals surface area contributed by atoms with E-state index in [0.29, 0.717) is 12.1 Å². The summed E-state index contributed by atoms with van der Waals surface area (Å²) >= 11 is 0. The summed E-state index contributed by atoms with van der Waals surface area (Å²) in [5.74, 6) is -0.0733. The number of benzene rings is 2. The lowest BCUT2D eigenvalue weighted by Crippen LogP contribution is -2.27. The summed E-state index contributed by atoms with van der Waals surface area (Å²) in [7, 11) is 0. The van der Waals surface area contributed by atoms with Crippen molar-refractivity contribution in [3.63, 3.8) is 0 Å². The quantitative estimate of drug-likeness (QED) is 0.773. The van der Waals surface area contributed by atoms with Crippen LogP contribution < -0.4 is 11.1 Å². The molecule has 0 fully saturated rings. The predicted octanol–water partition coefficient (Wildman–Crippen LogP) is 3.49. The molecule has 1 aromatic heterocycles. The molecule has 0 aliphatic rings. The van der Waals surface area contributed by atoms with Gasteiger partial charge in [-0.3, -0.25) is 9.78 Å². The maximum Gasteiger partial charge on any atom is 0.252 e. The number of carbonyl (C=O) groups is 1. The summed E-state index contributed by atoms with van der Waals surface area (Å²) in [5, 5.41) is 4.12. The fourth-order valence-corrected chi connectivity index (χ4v) is 2.90. The molecule has 3 N–H and O–H groups in total. The van der Waals surface area contributed by atoms with Crippen molar-refractivity contribution in [2.24, 2.45) is 5.73 Å². The molecule has 0 spiro atoms. The van der Waals surface area contributed by atoms with E-state index in [1.165, 1.54) is 0 Å². The fourth-order valence-electron chi connectivity index (χ4n) is 2.90. The highest BCUT2D eigenvalue weighted by molar-refractivity contribution is 5.96. The molecule has 0 saturated carbocycles. The Kier molecular flexibility index (Phi) is 4.58. The third kappa shape index (κ3) is 3.14. The molecule has 0 aliphatic heterocycles. The lowest BCUT2D eigenvalue weighted by atomic mass is 10.0. The summed E-state index contributed by atoms with van der Waals surface area (Å²) in [6, 6.07) is 17.3. The third-order valence-electron chi connectivity index (χ3n) is 4.21. The Morgan fingerprint density at radius 1 is 1.17 bits per heavy atom.